The number of rotatable bonds is 7. The molecule has 0 aromatic rings. The molecule has 9 nitrogen and oxygen atoms in total. The zero-order valence-electron chi connectivity index (χ0n) is 15.3. The van der Waals surface area contributed by atoms with Crippen LogP contribution in [0, 0.1) is 5.92 Å². The maximum absolute atomic E-state index is 13.0. The molecule has 0 bridgehead atoms. The fraction of sp³-hybridized carbons (Fsp3) is 0.824. The minimum atomic E-state index is -1.63. The first-order valence-electron chi connectivity index (χ1n) is 9.43. The number of nitrogens with one attached hydrogen (secondary N) is 2. The number of amides is 3. The Morgan fingerprint density at radius 2 is 1.92 bits per heavy atom. The van der Waals surface area contributed by atoms with Crippen molar-refractivity contribution in [2.24, 2.45) is 5.92 Å². The van der Waals surface area contributed by atoms with Crippen molar-refractivity contribution in [3.05, 3.63) is 0 Å². The number of hydrogen-bond acceptors (Lipinski definition) is 6. The number of nitrogens with zero attached hydrogens (tertiary/aromatic N) is 2. The van der Waals surface area contributed by atoms with E-state index in [0.717, 1.165) is 25.9 Å². The number of piperazine rings is 1. The van der Waals surface area contributed by atoms with Gasteiger partial charge in [-0.2, -0.15) is 0 Å². The van der Waals surface area contributed by atoms with Gasteiger partial charge in [0.25, 0.3) is 5.91 Å². The Kier molecular flexibility index (Phi) is 7.80. The third kappa shape index (κ3) is 4.72. The predicted octanol–water partition coefficient (Wildman–Crippen LogP) is -0.918. The third-order valence-corrected chi connectivity index (χ3v) is 5.20. The average Bonchev–Trinajstić information content (AvgIpc) is 3.17. The van der Waals surface area contributed by atoms with E-state index < -0.39 is 24.0 Å². The van der Waals surface area contributed by atoms with E-state index in [9.17, 15) is 19.5 Å². The van der Waals surface area contributed by atoms with E-state index >= 15 is 0 Å². The minimum absolute atomic E-state index is 0.0623. The zero-order valence-corrected chi connectivity index (χ0v) is 15.3. The molecule has 2 rings (SSSR count). The van der Waals surface area contributed by atoms with Crippen molar-refractivity contribution >= 4 is 17.7 Å². The summed E-state index contributed by atoms with van der Waals surface area (Å²) >= 11 is 0. The number of hydrogen-bond donors (Lipinski definition) is 4. The number of aliphatic hydroxyl groups excluding tert-OH is 1. The molecule has 0 unspecified atom stereocenters. The van der Waals surface area contributed by atoms with Gasteiger partial charge in [-0.3, -0.25) is 19.6 Å². The summed E-state index contributed by atoms with van der Waals surface area (Å²) in [4.78, 5) is 40.8. The minimum Gasteiger partial charge on any atom is -0.382 e. The monoisotopic (exact) mass is 370 g/mol. The second kappa shape index (κ2) is 9.84. The lowest BCUT2D eigenvalue weighted by Crippen LogP contribution is -2.55. The molecule has 2 aliphatic heterocycles. The van der Waals surface area contributed by atoms with Crippen molar-refractivity contribution < 1.29 is 24.7 Å². The van der Waals surface area contributed by atoms with Gasteiger partial charge in [0.1, 0.15) is 12.1 Å². The van der Waals surface area contributed by atoms with Crippen molar-refractivity contribution in [1.82, 2.24) is 20.6 Å². The molecule has 2 heterocycles. The van der Waals surface area contributed by atoms with Gasteiger partial charge in [-0.25, -0.2) is 5.48 Å². The van der Waals surface area contributed by atoms with Gasteiger partial charge in [-0.05, 0) is 19.3 Å². The molecule has 4 N–H and O–H groups in total. The molecule has 9 heteroatoms. The van der Waals surface area contributed by atoms with Crippen LogP contribution in [0.5, 0.6) is 0 Å². The quantitative estimate of drug-likeness (QED) is 0.340. The smallest absolute Gasteiger partial charge is 0.272 e. The lowest BCUT2D eigenvalue weighted by molar-refractivity contribution is -0.154. The van der Waals surface area contributed by atoms with Crippen LogP contribution in [0.1, 0.15) is 39.0 Å². The van der Waals surface area contributed by atoms with Crippen molar-refractivity contribution in [2.75, 3.05) is 32.7 Å². The molecule has 26 heavy (non-hydrogen) atoms. The Hall–Kier alpha value is -1.71. The molecule has 0 aromatic heterocycles. The molecule has 2 fully saturated rings. The van der Waals surface area contributed by atoms with Gasteiger partial charge in [0.2, 0.25) is 11.8 Å². The first kappa shape index (κ1) is 20.6. The van der Waals surface area contributed by atoms with Crippen LogP contribution < -0.4 is 10.8 Å². The van der Waals surface area contributed by atoms with Gasteiger partial charge in [0.05, 0.1) is 5.92 Å². The average molecular weight is 370 g/mol. The van der Waals surface area contributed by atoms with Crippen LogP contribution in [0.2, 0.25) is 0 Å². The van der Waals surface area contributed by atoms with Crippen LogP contribution in [-0.4, -0.2) is 82.7 Å². The van der Waals surface area contributed by atoms with E-state index in [4.69, 9.17) is 5.21 Å². The Morgan fingerprint density at radius 1 is 1.23 bits per heavy atom. The molecule has 148 valence electrons. The zero-order chi connectivity index (χ0) is 19.1. The van der Waals surface area contributed by atoms with Gasteiger partial charge in [0.15, 0.2) is 0 Å². The molecule has 0 spiro atoms. The van der Waals surface area contributed by atoms with Crippen molar-refractivity contribution in [1.29, 1.82) is 0 Å². The van der Waals surface area contributed by atoms with Crippen LogP contribution >= 0.6 is 0 Å². The molecule has 0 radical (unpaired) electrons. The Morgan fingerprint density at radius 3 is 2.54 bits per heavy atom. The SMILES string of the molecule is CCCC[C@@H](C(=O)N1CCC[C@H]1C(=O)N1CCNCC1)[C@H](O)C(=O)NO. The maximum Gasteiger partial charge on any atom is 0.272 e. The number of hydroxylamine groups is 1. The van der Waals surface area contributed by atoms with Crippen molar-refractivity contribution in [3.8, 4) is 0 Å². The van der Waals surface area contributed by atoms with E-state index in [1.807, 2.05) is 6.92 Å². The van der Waals surface area contributed by atoms with Gasteiger partial charge in [-0.1, -0.05) is 19.8 Å². The number of carbonyl (C=O) groups excluding carboxylic acids is 3. The summed E-state index contributed by atoms with van der Waals surface area (Å²) in [7, 11) is 0. The van der Waals surface area contributed by atoms with E-state index in [2.05, 4.69) is 5.32 Å². The first-order valence-corrected chi connectivity index (χ1v) is 9.43. The fourth-order valence-corrected chi connectivity index (χ4v) is 3.69. The predicted molar refractivity (Wildman–Crippen MR) is 93.1 cm³/mol. The normalized spacial score (nSPS) is 22.8. The van der Waals surface area contributed by atoms with E-state index in [-0.39, 0.29) is 11.8 Å². The third-order valence-electron chi connectivity index (χ3n) is 5.20. The van der Waals surface area contributed by atoms with Crippen LogP contribution in [0.25, 0.3) is 0 Å². The molecule has 0 saturated carbocycles. The molecular weight excluding hydrogens is 340 g/mol. The van der Waals surface area contributed by atoms with E-state index in [1.54, 1.807) is 4.90 Å². The van der Waals surface area contributed by atoms with Gasteiger partial charge >= 0.3 is 0 Å². The summed E-state index contributed by atoms with van der Waals surface area (Å²) in [6, 6.07) is -0.533. The van der Waals surface area contributed by atoms with Gasteiger partial charge < -0.3 is 20.2 Å². The lowest BCUT2D eigenvalue weighted by atomic mass is 9.93. The van der Waals surface area contributed by atoms with Crippen LogP contribution in [0.15, 0.2) is 0 Å². The topological polar surface area (TPSA) is 122 Å². The summed E-state index contributed by atoms with van der Waals surface area (Å²) in [5.41, 5.74) is 1.41. The summed E-state index contributed by atoms with van der Waals surface area (Å²) in [5.74, 6) is -2.41. The highest BCUT2D eigenvalue weighted by atomic mass is 16.5. The van der Waals surface area contributed by atoms with Crippen molar-refractivity contribution in [3.63, 3.8) is 0 Å². The first-order chi connectivity index (χ1) is 12.5. The molecule has 3 amide bonds. The summed E-state index contributed by atoms with van der Waals surface area (Å²) in [6.45, 7) is 5.10. The largest absolute Gasteiger partial charge is 0.382 e. The highest BCUT2D eigenvalue weighted by Crippen LogP contribution is 2.25. The highest BCUT2D eigenvalue weighted by molar-refractivity contribution is 5.92. The van der Waals surface area contributed by atoms with E-state index in [0.29, 0.717) is 38.9 Å². The van der Waals surface area contributed by atoms with Crippen LogP contribution in [0.4, 0.5) is 0 Å². The summed E-state index contributed by atoms with van der Waals surface area (Å²) in [6.07, 6.45) is 1.48. The highest BCUT2D eigenvalue weighted by Gasteiger charge is 2.42. The van der Waals surface area contributed by atoms with Crippen molar-refractivity contribution in [2.45, 2.75) is 51.2 Å². The Labute approximate surface area is 153 Å². The second-order valence-corrected chi connectivity index (χ2v) is 6.93. The molecule has 0 aromatic carbocycles. The van der Waals surface area contributed by atoms with E-state index in [1.165, 1.54) is 10.4 Å². The molecule has 2 saturated heterocycles. The molecule has 3 atom stereocenters. The number of carbonyl (C=O) groups is 3. The standard InChI is InChI=1S/C17H30N4O5/c1-2-3-5-12(14(22)15(23)19-26)16(24)21-9-4-6-13(21)17(25)20-10-7-18-8-11-20/h12-14,18,22,26H,2-11H2,1H3,(H,19,23)/t12-,13+,14+/m1/s1. The van der Waals surface area contributed by atoms with Crippen LogP contribution in [0.3, 0.4) is 0 Å². The molecule has 0 aliphatic carbocycles. The maximum atomic E-state index is 13.0. The lowest BCUT2D eigenvalue weighted by Gasteiger charge is -2.34. The number of aliphatic hydroxyl groups is 1. The number of likely N-dealkylation sites (tertiary alicyclic amines) is 1. The summed E-state index contributed by atoms with van der Waals surface area (Å²) in [5, 5.41) is 22.2. The fourth-order valence-electron chi connectivity index (χ4n) is 3.69. The van der Waals surface area contributed by atoms with Gasteiger partial charge in [-0.15, -0.1) is 0 Å². The number of unbranched alkanes of at least 4 members (excludes halogenated alkanes) is 1. The molecule has 2 aliphatic rings. The summed E-state index contributed by atoms with van der Waals surface area (Å²) < 4.78 is 0. The molecular formula is C17H30N4O5. The Balaban J connectivity index is 2.11. The van der Waals surface area contributed by atoms with Gasteiger partial charge in [0, 0.05) is 32.7 Å². The van der Waals surface area contributed by atoms with Crippen LogP contribution in [-0.2, 0) is 14.4 Å². The second-order valence-electron chi connectivity index (χ2n) is 6.93. The Bertz CT molecular complexity index is 509.